The molecule has 1 aromatic heterocycles. The lowest BCUT2D eigenvalue weighted by atomic mass is 10.1. The molecule has 0 saturated carbocycles. The third-order valence-corrected chi connectivity index (χ3v) is 4.17. The summed E-state index contributed by atoms with van der Waals surface area (Å²) in [6.45, 7) is 3.88. The number of aromatic nitrogens is 2. The van der Waals surface area contributed by atoms with E-state index in [1.165, 1.54) is 6.07 Å². The molecule has 1 unspecified atom stereocenters. The second-order valence-corrected chi connectivity index (χ2v) is 5.98. The fourth-order valence-corrected chi connectivity index (χ4v) is 2.50. The van der Waals surface area contributed by atoms with Gasteiger partial charge in [0, 0.05) is 18.0 Å². The summed E-state index contributed by atoms with van der Waals surface area (Å²) in [7, 11) is 0. The van der Waals surface area contributed by atoms with Crippen LogP contribution in [0.2, 0.25) is 0 Å². The third-order valence-electron chi connectivity index (χ3n) is 4.17. The first-order valence-electron chi connectivity index (χ1n) is 8.09. The summed E-state index contributed by atoms with van der Waals surface area (Å²) in [5, 5.41) is 2.91. The van der Waals surface area contributed by atoms with Crippen molar-refractivity contribution in [1.29, 1.82) is 0 Å². The molecule has 0 bridgehead atoms. The van der Waals surface area contributed by atoms with Gasteiger partial charge in [-0.15, -0.1) is 0 Å². The van der Waals surface area contributed by atoms with Crippen molar-refractivity contribution in [1.82, 2.24) is 9.97 Å². The molecule has 1 atom stereocenters. The number of anilines is 1. The third kappa shape index (κ3) is 3.45. The van der Waals surface area contributed by atoms with Gasteiger partial charge >= 0.3 is 0 Å². The van der Waals surface area contributed by atoms with Crippen LogP contribution in [0.5, 0.6) is 0 Å². The van der Waals surface area contributed by atoms with E-state index in [0.717, 1.165) is 23.1 Å². The number of carbonyl (C=O) groups excluding carboxylic acids is 1. The molecule has 2 aromatic carbocycles. The summed E-state index contributed by atoms with van der Waals surface area (Å²) in [6, 6.07) is 12.2. The van der Waals surface area contributed by atoms with Crippen molar-refractivity contribution in [3.05, 3.63) is 59.7 Å². The van der Waals surface area contributed by atoms with Gasteiger partial charge in [0.15, 0.2) is 0 Å². The SMILES string of the molecule is CCC(C)C(=O)Nc1ccc2nc(Cc3ccccc3F)[nH]c2c1. The molecule has 24 heavy (non-hydrogen) atoms. The molecule has 3 rings (SSSR count). The van der Waals surface area contributed by atoms with E-state index in [4.69, 9.17) is 0 Å². The van der Waals surface area contributed by atoms with Crippen LogP contribution in [-0.4, -0.2) is 15.9 Å². The fourth-order valence-electron chi connectivity index (χ4n) is 2.50. The first-order valence-corrected chi connectivity index (χ1v) is 8.09. The summed E-state index contributed by atoms with van der Waals surface area (Å²) in [6.07, 6.45) is 1.20. The highest BCUT2D eigenvalue weighted by molar-refractivity contribution is 5.94. The number of hydrogen-bond acceptors (Lipinski definition) is 2. The van der Waals surface area contributed by atoms with Gasteiger partial charge < -0.3 is 10.3 Å². The van der Waals surface area contributed by atoms with Crippen molar-refractivity contribution < 1.29 is 9.18 Å². The summed E-state index contributed by atoms with van der Waals surface area (Å²) in [5.41, 5.74) is 2.95. The van der Waals surface area contributed by atoms with Crippen molar-refractivity contribution >= 4 is 22.6 Å². The Morgan fingerprint density at radius 2 is 2.08 bits per heavy atom. The number of hydrogen-bond donors (Lipinski definition) is 2. The summed E-state index contributed by atoms with van der Waals surface area (Å²) >= 11 is 0. The molecule has 5 heteroatoms. The highest BCUT2D eigenvalue weighted by Gasteiger charge is 2.12. The largest absolute Gasteiger partial charge is 0.342 e. The Balaban J connectivity index is 1.81. The van der Waals surface area contributed by atoms with Crippen LogP contribution in [0.15, 0.2) is 42.5 Å². The van der Waals surface area contributed by atoms with Crippen LogP contribution >= 0.6 is 0 Å². The van der Waals surface area contributed by atoms with Crippen molar-refractivity contribution in [3.8, 4) is 0 Å². The van der Waals surface area contributed by atoms with Gasteiger partial charge in [-0.05, 0) is 36.2 Å². The van der Waals surface area contributed by atoms with Gasteiger partial charge in [0.2, 0.25) is 5.91 Å². The number of fused-ring (bicyclic) bond motifs is 1. The topological polar surface area (TPSA) is 57.8 Å². The molecule has 124 valence electrons. The molecule has 2 N–H and O–H groups in total. The van der Waals surface area contributed by atoms with E-state index in [0.29, 0.717) is 17.8 Å². The molecule has 0 aliphatic carbocycles. The number of carbonyl (C=O) groups is 1. The van der Waals surface area contributed by atoms with Gasteiger partial charge in [0.25, 0.3) is 0 Å². The van der Waals surface area contributed by atoms with Crippen LogP contribution < -0.4 is 5.32 Å². The summed E-state index contributed by atoms with van der Waals surface area (Å²) in [4.78, 5) is 19.7. The number of halogens is 1. The maximum Gasteiger partial charge on any atom is 0.227 e. The monoisotopic (exact) mass is 325 g/mol. The molecule has 0 aliphatic heterocycles. The highest BCUT2D eigenvalue weighted by Crippen LogP contribution is 2.20. The molecule has 0 saturated heterocycles. The fraction of sp³-hybridized carbons (Fsp3) is 0.263. The Morgan fingerprint density at radius 1 is 1.29 bits per heavy atom. The van der Waals surface area contributed by atoms with Crippen LogP contribution in [0, 0.1) is 11.7 Å². The van der Waals surface area contributed by atoms with Crippen molar-refractivity contribution in [3.63, 3.8) is 0 Å². The maximum atomic E-state index is 13.8. The molecule has 4 nitrogen and oxygen atoms in total. The van der Waals surface area contributed by atoms with Crippen molar-refractivity contribution in [2.24, 2.45) is 5.92 Å². The minimum Gasteiger partial charge on any atom is -0.342 e. The molecule has 0 aliphatic rings. The molecule has 3 aromatic rings. The average Bonchev–Trinajstić information content (AvgIpc) is 2.97. The molecule has 0 fully saturated rings. The van der Waals surface area contributed by atoms with Crippen LogP contribution in [0.1, 0.15) is 31.7 Å². The number of imidazole rings is 1. The van der Waals surface area contributed by atoms with Gasteiger partial charge in [-0.25, -0.2) is 9.37 Å². The lowest BCUT2D eigenvalue weighted by Gasteiger charge is -2.09. The lowest BCUT2D eigenvalue weighted by Crippen LogP contribution is -2.19. The Bertz CT molecular complexity index is 872. The van der Waals surface area contributed by atoms with Gasteiger partial charge in [-0.1, -0.05) is 32.0 Å². The molecule has 0 radical (unpaired) electrons. The average molecular weight is 325 g/mol. The number of benzene rings is 2. The second kappa shape index (κ2) is 6.83. The van der Waals surface area contributed by atoms with Gasteiger partial charge in [-0.3, -0.25) is 4.79 Å². The van der Waals surface area contributed by atoms with Gasteiger partial charge in [0.1, 0.15) is 11.6 Å². The molecular formula is C19H20FN3O. The Morgan fingerprint density at radius 3 is 2.83 bits per heavy atom. The zero-order valence-electron chi connectivity index (χ0n) is 13.8. The lowest BCUT2D eigenvalue weighted by molar-refractivity contribution is -0.119. The van der Waals surface area contributed by atoms with E-state index in [2.05, 4.69) is 15.3 Å². The maximum absolute atomic E-state index is 13.8. The zero-order chi connectivity index (χ0) is 17.1. The Labute approximate surface area is 140 Å². The molecular weight excluding hydrogens is 305 g/mol. The predicted octanol–water partition coefficient (Wildman–Crippen LogP) is 4.28. The standard InChI is InChI=1S/C19H20FN3O/c1-3-12(2)19(24)21-14-8-9-16-17(11-14)23-18(22-16)10-13-6-4-5-7-15(13)20/h4-9,11-12H,3,10H2,1-2H3,(H,21,24)(H,22,23). The predicted molar refractivity (Wildman–Crippen MR) is 93.4 cm³/mol. The number of nitrogens with one attached hydrogen (secondary N) is 2. The smallest absolute Gasteiger partial charge is 0.227 e. The first kappa shape index (κ1) is 16.2. The van der Waals surface area contributed by atoms with E-state index >= 15 is 0 Å². The minimum absolute atomic E-state index is 0.00273. The molecule has 0 spiro atoms. The van der Waals surface area contributed by atoms with E-state index in [-0.39, 0.29) is 17.6 Å². The van der Waals surface area contributed by atoms with Crippen molar-refractivity contribution in [2.75, 3.05) is 5.32 Å². The van der Waals surface area contributed by atoms with E-state index < -0.39 is 0 Å². The minimum atomic E-state index is -0.237. The van der Waals surface area contributed by atoms with E-state index in [9.17, 15) is 9.18 Å². The summed E-state index contributed by atoms with van der Waals surface area (Å²) < 4.78 is 13.8. The van der Waals surface area contributed by atoms with Gasteiger partial charge in [0.05, 0.1) is 11.0 Å². The van der Waals surface area contributed by atoms with Gasteiger partial charge in [-0.2, -0.15) is 0 Å². The van der Waals surface area contributed by atoms with E-state index in [1.54, 1.807) is 12.1 Å². The van der Waals surface area contributed by atoms with Crippen LogP contribution in [0.4, 0.5) is 10.1 Å². The number of aromatic amines is 1. The highest BCUT2D eigenvalue weighted by atomic mass is 19.1. The number of rotatable bonds is 5. The Hall–Kier alpha value is -2.69. The van der Waals surface area contributed by atoms with Crippen LogP contribution in [0.3, 0.4) is 0 Å². The quantitative estimate of drug-likeness (QED) is 0.735. The normalized spacial score (nSPS) is 12.3. The number of H-pyrrole nitrogens is 1. The number of amides is 1. The molecule has 1 amide bonds. The van der Waals surface area contributed by atoms with Crippen molar-refractivity contribution in [2.45, 2.75) is 26.7 Å². The van der Waals surface area contributed by atoms with Crippen LogP contribution in [-0.2, 0) is 11.2 Å². The summed E-state index contributed by atoms with van der Waals surface area (Å²) in [5.74, 6) is 0.432. The first-order chi connectivity index (χ1) is 11.6. The Kier molecular flexibility index (Phi) is 4.60. The number of nitrogens with zero attached hydrogens (tertiary/aromatic N) is 1. The second-order valence-electron chi connectivity index (χ2n) is 5.98. The van der Waals surface area contributed by atoms with Crippen LogP contribution in [0.25, 0.3) is 11.0 Å². The zero-order valence-corrected chi connectivity index (χ0v) is 13.8. The molecule has 1 heterocycles. The van der Waals surface area contributed by atoms with E-state index in [1.807, 2.05) is 38.1 Å².